The fourth-order valence-electron chi connectivity index (χ4n) is 4.03. The molecule has 4 heteroatoms. The van der Waals surface area contributed by atoms with Gasteiger partial charge in [-0.15, -0.1) is 12.4 Å². The van der Waals surface area contributed by atoms with E-state index in [0.717, 1.165) is 49.8 Å². The Bertz CT molecular complexity index is 693. The quantitative estimate of drug-likeness (QED) is 0.493. The number of rotatable bonds is 5. The summed E-state index contributed by atoms with van der Waals surface area (Å²) in [6.45, 7) is 0.947. The lowest BCUT2D eigenvalue weighted by atomic mass is 9.74. The fourth-order valence-corrected chi connectivity index (χ4v) is 4.22. The second-order valence-electron chi connectivity index (χ2n) is 7.28. The van der Waals surface area contributed by atoms with Crippen LogP contribution < -0.4 is 0 Å². The van der Waals surface area contributed by atoms with Crippen molar-refractivity contribution in [2.75, 3.05) is 20.6 Å². The number of ketones is 1. The SMILES string of the molecule is CN(C)CCC1(C2=CCCC2)CCC(=Cc2ccccc2Cl)C1=O.Cl. The van der Waals surface area contributed by atoms with Gasteiger partial charge < -0.3 is 4.90 Å². The van der Waals surface area contributed by atoms with E-state index < -0.39 is 0 Å². The van der Waals surface area contributed by atoms with Crippen LogP contribution in [0.25, 0.3) is 6.08 Å². The van der Waals surface area contributed by atoms with Crippen LogP contribution in [0.5, 0.6) is 0 Å². The van der Waals surface area contributed by atoms with Crippen molar-refractivity contribution in [1.29, 1.82) is 0 Å². The molecule has 0 spiro atoms. The van der Waals surface area contributed by atoms with E-state index in [4.69, 9.17) is 11.6 Å². The molecule has 0 saturated heterocycles. The third-order valence-corrected chi connectivity index (χ3v) is 5.77. The van der Waals surface area contributed by atoms with Crippen LogP contribution in [0.3, 0.4) is 0 Å². The van der Waals surface area contributed by atoms with Crippen LogP contribution >= 0.6 is 24.0 Å². The predicted octanol–water partition coefficient (Wildman–Crippen LogP) is 5.56. The number of carbonyl (C=O) groups excluding carboxylic acids is 1. The number of hydrogen-bond donors (Lipinski definition) is 0. The molecule has 0 heterocycles. The van der Waals surface area contributed by atoms with Gasteiger partial charge in [0, 0.05) is 5.02 Å². The van der Waals surface area contributed by atoms with Crippen LogP contribution in [0, 0.1) is 5.41 Å². The minimum absolute atomic E-state index is 0. The molecule has 1 aromatic rings. The standard InChI is InChI=1S/C21H26ClNO.ClH/c1-23(2)14-13-21(18-8-4-5-9-18)12-11-17(20(21)24)15-16-7-3-6-10-19(16)22;/h3,6-8,10,15H,4-5,9,11-14H2,1-2H3;1H. The number of halogens is 2. The first-order chi connectivity index (χ1) is 11.5. The summed E-state index contributed by atoms with van der Waals surface area (Å²) < 4.78 is 0. The Morgan fingerprint density at radius 2 is 2.00 bits per heavy atom. The van der Waals surface area contributed by atoms with Crippen molar-refractivity contribution in [1.82, 2.24) is 4.90 Å². The molecule has 1 unspecified atom stereocenters. The van der Waals surface area contributed by atoms with E-state index in [0.29, 0.717) is 10.8 Å². The lowest BCUT2D eigenvalue weighted by molar-refractivity contribution is -0.121. The van der Waals surface area contributed by atoms with Gasteiger partial charge in [0.05, 0.1) is 5.41 Å². The van der Waals surface area contributed by atoms with Crippen LogP contribution in [-0.4, -0.2) is 31.3 Å². The van der Waals surface area contributed by atoms with Gasteiger partial charge >= 0.3 is 0 Å². The van der Waals surface area contributed by atoms with E-state index in [1.54, 1.807) is 0 Å². The molecule has 1 saturated carbocycles. The van der Waals surface area contributed by atoms with E-state index in [-0.39, 0.29) is 17.8 Å². The van der Waals surface area contributed by atoms with E-state index in [1.807, 2.05) is 30.3 Å². The molecule has 136 valence electrons. The molecule has 25 heavy (non-hydrogen) atoms. The minimum Gasteiger partial charge on any atom is -0.309 e. The lowest BCUT2D eigenvalue weighted by Crippen LogP contribution is -2.32. The van der Waals surface area contributed by atoms with Gasteiger partial charge in [0.15, 0.2) is 5.78 Å². The fraction of sp³-hybridized carbons (Fsp3) is 0.476. The number of nitrogens with zero attached hydrogens (tertiary/aromatic N) is 1. The molecule has 0 aromatic heterocycles. The maximum Gasteiger partial charge on any atom is 0.169 e. The highest BCUT2D eigenvalue weighted by Gasteiger charge is 2.47. The lowest BCUT2D eigenvalue weighted by Gasteiger charge is -2.30. The maximum atomic E-state index is 13.4. The van der Waals surface area contributed by atoms with Crippen molar-refractivity contribution in [2.24, 2.45) is 5.41 Å². The highest BCUT2D eigenvalue weighted by molar-refractivity contribution is 6.32. The third kappa shape index (κ3) is 4.19. The van der Waals surface area contributed by atoms with Crippen LogP contribution in [0.15, 0.2) is 41.5 Å². The second kappa shape index (κ2) is 8.53. The topological polar surface area (TPSA) is 20.3 Å². The summed E-state index contributed by atoms with van der Waals surface area (Å²) in [5.74, 6) is 0.331. The van der Waals surface area contributed by atoms with Crippen LogP contribution in [0.4, 0.5) is 0 Å². The van der Waals surface area contributed by atoms with E-state index >= 15 is 0 Å². The Hall–Kier alpha value is -1.09. The van der Waals surface area contributed by atoms with E-state index in [9.17, 15) is 4.79 Å². The molecule has 0 N–H and O–H groups in total. The van der Waals surface area contributed by atoms with Gasteiger partial charge in [0.25, 0.3) is 0 Å². The predicted molar refractivity (Wildman–Crippen MR) is 108 cm³/mol. The van der Waals surface area contributed by atoms with Crippen molar-refractivity contribution in [3.05, 3.63) is 52.1 Å². The largest absolute Gasteiger partial charge is 0.309 e. The molecule has 3 rings (SSSR count). The van der Waals surface area contributed by atoms with Gasteiger partial charge in [0.1, 0.15) is 0 Å². The van der Waals surface area contributed by atoms with Gasteiger partial charge in [-0.1, -0.05) is 41.4 Å². The first-order valence-corrected chi connectivity index (χ1v) is 9.25. The van der Waals surface area contributed by atoms with Gasteiger partial charge in [-0.05, 0) is 82.4 Å². The van der Waals surface area contributed by atoms with Gasteiger partial charge in [0.2, 0.25) is 0 Å². The van der Waals surface area contributed by atoms with Crippen molar-refractivity contribution in [3.8, 4) is 0 Å². The zero-order chi connectivity index (χ0) is 17.2. The zero-order valence-electron chi connectivity index (χ0n) is 15.1. The Balaban J connectivity index is 0.00000225. The normalized spacial score (nSPS) is 24.7. The molecular formula is C21H27Cl2NO. The number of benzene rings is 1. The van der Waals surface area contributed by atoms with Crippen LogP contribution in [0.1, 0.15) is 44.1 Å². The summed E-state index contributed by atoms with van der Waals surface area (Å²) in [5.41, 5.74) is 3.01. The Morgan fingerprint density at radius 1 is 1.24 bits per heavy atom. The van der Waals surface area contributed by atoms with Gasteiger partial charge in [-0.25, -0.2) is 0 Å². The van der Waals surface area contributed by atoms with Crippen molar-refractivity contribution >= 4 is 35.9 Å². The minimum atomic E-state index is -0.270. The maximum absolute atomic E-state index is 13.4. The summed E-state index contributed by atoms with van der Waals surface area (Å²) in [6.07, 6.45) is 10.5. The van der Waals surface area contributed by atoms with Crippen molar-refractivity contribution in [3.63, 3.8) is 0 Å². The van der Waals surface area contributed by atoms with E-state index in [2.05, 4.69) is 25.1 Å². The van der Waals surface area contributed by atoms with Crippen LogP contribution in [0.2, 0.25) is 5.02 Å². The Labute approximate surface area is 162 Å². The molecule has 1 aromatic carbocycles. The first-order valence-electron chi connectivity index (χ1n) is 8.87. The second-order valence-corrected chi connectivity index (χ2v) is 7.68. The average molecular weight is 380 g/mol. The first kappa shape index (κ1) is 20.2. The molecule has 0 amide bonds. The number of Topliss-reactive ketones (excluding diaryl/α,β-unsaturated/α-hetero) is 1. The highest BCUT2D eigenvalue weighted by Crippen LogP contribution is 2.50. The Morgan fingerprint density at radius 3 is 2.64 bits per heavy atom. The molecule has 2 aliphatic rings. The molecule has 2 aliphatic carbocycles. The van der Waals surface area contributed by atoms with Crippen molar-refractivity contribution < 1.29 is 4.79 Å². The van der Waals surface area contributed by atoms with E-state index in [1.165, 1.54) is 12.0 Å². The Kier molecular flexibility index (Phi) is 6.90. The summed E-state index contributed by atoms with van der Waals surface area (Å²) >= 11 is 6.28. The van der Waals surface area contributed by atoms with Crippen molar-refractivity contribution in [2.45, 2.75) is 38.5 Å². The van der Waals surface area contributed by atoms with Crippen LogP contribution in [-0.2, 0) is 4.79 Å². The third-order valence-electron chi connectivity index (χ3n) is 5.42. The smallest absolute Gasteiger partial charge is 0.169 e. The molecule has 1 atom stereocenters. The molecule has 0 radical (unpaired) electrons. The average Bonchev–Trinajstić information content (AvgIpc) is 3.18. The number of hydrogen-bond acceptors (Lipinski definition) is 2. The molecule has 0 bridgehead atoms. The number of carbonyl (C=O) groups is 1. The summed E-state index contributed by atoms with van der Waals surface area (Å²) in [7, 11) is 4.16. The molecule has 1 fully saturated rings. The monoisotopic (exact) mass is 379 g/mol. The number of allylic oxidation sites excluding steroid dienone is 3. The van der Waals surface area contributed by atoms with Gasteiger partial charge in [-0.2, -0.15) is 0 Å². The zero-order valence-corrected chi connectivity index (χ0v) is 16.6. The summed E-state index contributed by atoms with van der Waals surface area (Å²) in [6, 6.07) is 7.76. The van der Waals surface area contributed by atoms with Gasteiger partial charge in [-0.3, -0.25) is 4.79 Å². The molecule has 2 nitrogen and oxygen atoms in total. The molecule has 0 aliphatic heterocycles. The summed E-state index contributed by atoms with van der Waals surface area (Å²) in [5, 5.41) is 0.712. The molecular weight excluding hydrogens is 353 g/mol. The highest BCUT2D eigenvalue weighted by atomic mass is 35.5. The summed E-state index contributed by atoms with van der Waals surface area (Å²) in [4.78, 5) is 15.6.